The van der Waals surface area contributed by atoms with Gasteiger partial charge in [0.2, 0.25) is 5.91 Å². The zero-order valence-corrected chi connectivity index (χ0v) is 11.7. The van der Waals surface area contributed by atoms with Gasteiger partial charge in [-0.15, -0.1) is 0 Å². The first-order valence-electron chi connectivity index (χ1n) is 5.63. The Morgan fingerprint density at radius 2 is 1.95 bits per heavy atom. The Bertz CT molecular complexity index is 543. The lowest BCUT2D eigenvalue weighted by molar-refractivity contribution is -0.131. The van der Waals surface area contributed by atoms with Crippen LogP contribution >= 0.6 is 15.9 Å². The van der Waals surface area contributed by atoms with Crippen molar-refractivity contribution in [1.82, 2.24) is 10.9 Å². The van der Waals surface area contributed by atoms with Crippen molar-refractivity contribution in [2.75, 3.05) is 5.32 Å². The minimum atomic E-state index is -0.964. The molecule has 1 aromatic carbocycles. The van der Waals surface area contributed by atoms with E-state index >= 15 is 0 Å². The molecule has 100 valence electrons. The number of hydrogen-bond donors (Lipinski definition) is 3. The van der Waals surface area contributed by atoms with Crippen molar-refractivity contribution in [3.63, 3.8) is 0 Å². The molecule has 19 heavy (non-hydrogen) atoms. The fraction of sp³-hybridized carbons (Fsp3) is 0.250. The first kappa shape index (κ1) is 13.5. The number of amides is 3. The maximum Gasteiger partial charge on any atom is 0.251 e. The third-order valence-corrected chi connectivity index (χ3v) is 3.64. The topological polar surface area (TPSA) is 87.3 Å². The minimum Gasteiger partial charge on any atom is -0.326 e. The predicted molar refractivity (Wildman–Crippen MR) is 71.9 cm³/mol. The number of hydrogen-bond acceptors (Lipinski definition) is 3. The molecular weight excluding hydrogens is 314 g/mol. The predicted octanol–water partition coefficient (Wildman–Crippen LogP) is 0.863. The van der Waals surface area contributed by atoms with Gasteiger partial charge in [0.15, 0.2) is 0 Å². The largest absolute Gasteiger partial charge is 0.326 e. The van der Waals surface area contributed by atoms with Crippen LogP contribution < -0.4 is 16.2 Å². The Kier molecular flexibility index (Phi) is 3.84. The SMILES string of the molecule is Cc1ccc(NC(=O)CC2C(=O)NNC2=O)cc1Br. The standard InChI is InChI=1S/C12H12BrN3O3/c1-6-2-3-7(4-9(6)13)14-10(17)5-8-11(18)15-16-12(8)19/h2-4,8H,5H2,1H3,(H,14,17)(H,15,18)(H,16,19). The molecule has 0 radical (unpaired) electrons. The molecule has 1 aliphatic heterocycles. The van der Waals surface area contributed by atoms with Gasteiger partial charge in [-0.3, -0.25) is 25.2 Å². The first-order chi connectivity index (χ1) is 8.97. The second kappa shape index (κ2) is 5.40. The Balaban J connectivity index is 1.99. The highest BCUT2D eigenvalue weighted by molar-refractivity contribution is 9.10. The Hall–Kier alpha value is -1.89. The van der Waals surface area contributed by atoms with Gasteiger partial charge >= 0.3 is 0 Å². The number of carbonyl (C=O) groups excluding carboxylic acids is 3. The summed E-state index contributed by atoms with van der Waals surface area (Å²) in [6, 6.07) is 5.38. The van der Waals surface area contributed by atoms with Crippen molar-refractivity contribution < 1.29 is 14.4 Å². The summed E-state index contributed by atoms with van der Waals surface area (Å²) in [5.74, 6) is -2.31. The second-order valence-electron chi connectivity index (χ2n) is 4.25. The van der Waals surface area contributed by atoms with Crippen LogP contribution in [0, 0.1) is 12.8 Å². The minimum absolute atomic E-state index is 0.177. The van der Waals surface area contributed by atoms with E-state index in [4.69, 9.17) is 0 Å². The molecule has 3 N–H and O–H groups in total. The van der Waals surface area contributed by atoms with E-state index < -0.39 is 17.7 Å². The van der Waals surface area contributed by atoms with E-state index in [0.717, 1.165) is 10.0 Å². The van der Waals surface area contributed by atoms with Crippen molar-refractivity contribution in [3.8, 4) is 0 Å². The van der Waals surface area contributed by atoms with Gasteiger partial charge in [-0.1, -0.05) is 22.0 Å². The number of anilines is 1. The second-order valence-corrected chi connectivity index (χ2v) is 5.10. The highest BCUT2D eigenvalue weighted by Gasteiger charge is 2.34. The van der Waals surface area contributed by atoms with Crippen molar-refractivity contribution in [2.24, 2.45) is 5.92 Å². The molecule has 3 amide bonds. The summed E-state index contributed by atoms with van der Waals surface area (Å²) >= 11 is 3.36. The lowest BCUT2D eigenvalue weighted by Crippen LogP contribution is -2.28. The van der Waals surface area contributed by atoms with E-state index in [-0.39, 0.29) is 12.3 Å². The molecular formula is C12H12BrN3O3. The maximum absolute atomic E-state index is 11.8. The molecule has 1 saturated heterocycles. The number of benzene rings is 1. The van der Waals surface area contributed by atoms with Gasteiger partial charge in [0.25, 0.3) is 11.8 Å². The molecule has 0 saturated carbocycles. The molecule has 0 aromatic heterocycles. The fourth-order valence-corrected chi connectivity index (χ4v) is 2.05. The summed E-state index contributed by atoms with van der Waals surface area (Å²) in [4.78, 5) is 34.3. The number of halogens is 1. The summed E-state index contributed by atoms with van der Waals surface area (Å²) < 4.78 is 0.877. The Labute approximate surface area is 118 Å². The molecule has 1 aromatic rings. The number of hydrazine groups is 1. The summed E-state index contributed by atoms with van der Waals surface area (Å²) in [7, 11) is 0. The van der Waals surface area contributed by atoms with Crippen molar-refractivity contribution >= 4 is 39.3 Å². The smallest absolute Gasteiger partial charge is 0.251 e. The summed E-state index contributed by atoms with van der Waals surface area (Å²) in [5.41, 5.74) is 6.02. The normalized spacial score (nSPS) is 15.1. The molecule has 0 spiro atoms. The van der Waals surface area contributed by atoms with E-state index in [9.17, 15) is 14.4 Å². The van der Waals surface area contributed by atoms with Crippen LogP contribution in [0.4, 0.5) is 5.69 Å². The summed E-state index contributed by atoms with van der Waals surface area (Å²) in [6.45, 7) is 1.93. The molecule has 1 fully saturated rings. The Morgan fingerprint density at radius 3 is 2.53 bits per heavy atom. The van der Waals surface area contributed by atoms with Crippen LogP contribution in [0.1, 0.15) is 12.0 Å². The third-order valence-electron chi connectivity index (χ3n) is 2.79. The van der Waals surface area contributed by atoms with Crippen LogP contribution in [0.5, 0.6) is 0 Å². The molecule has 0 bridgehead atoms. The molecule has 1 heterocycles. The van der Waals surface area contributed by atoms with Crippen molar-refractivity contribution in [3.05, 3.63) is 28.2 Å². The van der Waals surface area contributed by atoms with Crippen LogP contribution in [-0.2, 0) is 14.4 Å². The monoisotopic (exact) mass is 325 g/mol. The average Bonchev–Trinajstić information content (AvgIpc) is 2.66. The van der Waals surface area contributed by atoms with Crippen LogP contribution in [0.15, 0.2) is 22.7 Å². The van der Waals surface area contributed by atoms with E-state index in [0.29, 0.717) is 5.69 Å². The summed E-state index contributed by atoms with van der Waals surface area (Å²) in [6.07, 6.45) is -0.177. The molecule has 7 heteroatoms. The van der Waals surface area contributed by atoms with Crippen LogP contribution in [-0.4, -0.2) is 17.7 Å². The highest BCUT2D eigenvalue weighted by Crippen LogP contribution is 2.21. The van der Waals surface area contributed by atoms with E-state index in [1.165, 1.54) is 0 Å². The van der Waals surface area contributed by atoms with Gasteiger partial charge in [0, 0.05) is 16.6 Å². The van der Waals surface area contributed by atoms with Crippen molar-refractivity contribution in [1.29, 1.82) is 0 Å². The van der Waals surface area contributed by atoms with Gasteiger partial charge in [-0.2, -0.15) is 0 Å². The van der Waals surface area contributed by atoms with E-state index in [1.54, 1.807) is 12.1 Å². The number of rotatable bonds is 3. The molecule has 1 aliphatic rings. The number of aryl methyl sites for hydroxylation is 1. The van der Waals surface area contributed by atoms with E-state index in [2.05, 4.69) is 32.1 Å². The quantitative estimate of drug-likeness (QED) is 0.720. The molecule has 0 atom stereocenters. The van der Waals surface area contributed by atoms with Crippen LogP contribution in [0.2, 0.25) is 0 Å². The van der Waals surface area contributed by atoms with Crippen molar-refractivity contribution in [2.45, 2.75) is 13.3 Å². The maximum atomic E-state index is 11.8. The summed E-state index contributed by atoms with van der Waals surface area (Å²) in [5, 5.41) is 2.65. The van der Waals surface area contributed by atoms with Gasteiger partial charge < -0.3 is 5.32 Å². The molecule has 2 rings (SSSR count). The zero-order chi connectivity index (χ0) is 14.0. The number of nitrogens with one attached hydrogen (secondary N) is 3. The van der Waals surface area contributed by atoms with Crippen LogP contribution in [0.3, 0.4) is 0 Å². The first-order valence-corrected chi connectivity index (χ1v) is 6.42. The number of carbonyl (C=O) groups is 3. The molecule has 6 nitrogen and oxygen atoms in total. The highest BCUT2D eigenvalue weighted by atomic mass is 79.9. The van der Waals surface area contributed by atoms with Gasteiger partial charge in [0.1, 0.15) is 5.92 Å². The zero-order valence-electron chi connectivity index (χ0n) is 10.1. The Morgan fingerprint density at radius 1 is 1.32 bits per heavy atom. The van der Waals surface area contributed by atoms with E-state index in [1.807, 2.05) is 13.0 Å². The lowest BCUT2D eigenvalue weighted by Gasteiger charge is -2.08. The molecule has 0 aliphatic carbocycles. The molecule has 0 unspecified atom stereocenters. The lowest BCUT2D eigenvalue weighted by atomic mass is 10.1. The van der Waals surface area contributed by atoms with Gasteiger partial charge in [0.05, 0.1) is 0 Å². The average molecular weight is 326 g/mol. The van der Waals surface area contributed by atoms with Gasteiger partial charge in [-0.25, -0.2) is 0 Å². The fourth-order valence-electron chi connectivity index (χ4n) is 1.67. The van der Waals surface area contributed by atoms with Crippen LogP contribution in [0.25, 0.3) is 0 Å². The van der Waals surface area contributed by atoms with Gasteiger partial charge in [-0.05, 0) is 24.6 Å². The third kappa shape index (κ3) is 3.11.